The summed E-state index contributed by atoms with van der Waals surface area (Å²) in [6.07, 6.45) is 5.76. The Morgan fingerprint density at radius 3 is 2.42 bits per heavy atom. The standard InChI is InChI=1S/C25H30Cl2N2O3S/c1-17(21-8-7-19-4-2-3-5-22(19)15-21)28-25(30)20-10-12-29(13-11-20)33(31,32)16-18-6-9-23(26)24(27)14-18/h6-9,14-15,17,20H,2-5,10-13,16H2,1H3,(H,28,30)/t17-/m0/s1. The Bertz CT molecular complexity index is 1130. The van der Waals surface area contributed by atoms with Crippen LogP contribution in [0.2, 0.25) is 10.0 Å². The van der Waals surface area contributed by atoms with Gasteiger partial charge in [0.1, 0.15) is 0 Å². The largest absolute Gasteiger partial charge is 0.349 e. The Labute approximate surface area is 206 Å². The number of halogens is 2. The fourth-order valence-electron chi connectivity index (χ4n) is 4.76. The summed E-state index contributed by atoms with van der Waals surface area (Å²) in [5.74, 6) is -0.306. The van der Waals surface area contributed by atoms with Gasteiger partial charge in [-0.2, -0.15) is 0 Å². The molecule has 0 saturated carbocycles. The van der Waals surface area contributed by atoms with Crippen LogP contribution >= 0.6 is 23.2 Å². The first kappa shape index (κ1) is 24.5. The number of nitrogens with zero attached hydrogens (tertiary/aromatic N) is 1. The van der Waals surface area contributed by atoms with Crippen LogP contribution in [0.25, 0.3) is 0 Å². The van der Waals surface area contributed by atoms with E-state index in [0.29, 0.717) is 41.5 Å². The molecule has 5 nitrogen and oxygen atoms in total. The number of carbonyl (C=O) groups excluding carboxylic acids is 1. The monoisotopic (exact) mass is 508 g/mol. The first-order valence-electron chi connectivity index (χ1n) is 11.6. The summed E-state index contributed by atoms with van der Waals surface area (Å²) in [4.78, 5) is 12.9. The number of nitrogens with one attached hydrogen (secondary N) is 1. The highest BCUT2D eigenvalue weighted by molar-refractivity contribution is 7.88. The lowest BCUT2D eigenvalue weighted by atomic mass is 9.89. The molecule has 1 saturated heterocycles. The van der Waals surface area contributed by atoms with Crippen LogP contribution in [0, 0.1) is 5.92 Å². The first-order valence-corrected chi connectivity index (χ1v) is 13.9. The Hall–Kier alpha value is -1.60. The van der Waals surface area contributed by atoms with E-state index in [-0.39, 0.29) is 23.6 Å². The Morgan fingerprint density at radius 2 is 1.73 bits per heavy atom. The van der Waals surface area contributed by atoms with Crippen LogP contribution in [0.3, 0.4) is 0 Å². The van der Waals surface area contributed by atoms with Gasteiger partial charge in [0, 0.05) is 19.0 Å². The van der Waals surface area contributed by atoms with Gasteiger partial charge in [0.25, 0.3) is 0 Å². The predicted molar refractivity (Wildman–Crippen MR) is 133 cm³/mol. The zero-order valence-electron chi connectivity index (χ0n) is 18.8. The van der Waals surface area contributed by atoms with Crippen LogP contribution in [0.15, 0.2) is 36.4 Å². The summed E-state index contributed by atoms with van der Waals surface area (Å²) >= 11 is 11.9. The summed E-state index contributed by atoms with van der Waals surface area (Å²) in [7, 11) is -3.49. The van der Waals surface area contributed by atoms with Crippen molar-refractivity contribution in [3.63, 3.8) is 0 Å². The number of fused-ring (bicyclic) bond motifs is 1. The van der Waals surface area contributed by atoms with Crippen LogP contribution in [-0.4, -0.2) is 31.7 Å². The van der Waals surface area contributed by atoms with Gasteiger partial charge in [-0.3, -0.25) is 4.79 Å². The average molecular weight is 509 g/mol. The molecule has 0 bridgehead atoms. The molecule has 0 aromatic heterocycles. The van der Waals surface area contributed by atoms with Gasteiger partial charge in [-0.25, -0.2) is 12.7 Å². The van der Waals surface area contributed by atoms with E-state index in [1.807, 2.05) is 6.92 Å². The molecule has 8 heteroatoms. The van der Waals surface area contributed by atoms with E-state index in [9.17, 15) is 13.2 Å². The van der Waals surface area contributed by atoms with Gasteiger partial charge in [0.2, 0.25) is 15.9 Å². The molecule has 0 spiro atoms. The van der Waals surface area contributed by atoms with Gasteiger partial charge in [0.15, 0.2) is 0 Å². The molecule has 1 aliphatic carbocycles. The van der Waals surface area contributed by atoms with Crippen molar-refractivity contribution in [3.8, 4) is 0 Å². The summed E-state index contributed by atoms with van der Waals surface area (Å²) in [5, 5.41) is 3.88. The van der Waals surface area contributed by atoms with Gasteiger partial charge in [-0.05, 0) is 79.8 Å². The van der Waals surface area contributed by atoms with E-state index < -0.39 is 10.0 Å². The number of piperidine rings is 1. The number of rotatable bonds is 6. The molecule has 33 heavy (non-hydrogen) atoms. The fourth-order valence-corrected chi connectivity index (χ4v) is 6.64. The van der Waals surface area contributed by atoms with Crippen LogP contribution in [0.4, 0.5) is 0 Å². The number of amides is 1. The molecule has 4 rings (SSSR count). The molecule has 1 atom stereocenters. The first-order chi connectivity index (χ1) is 15.7. The second kappa shape index (κ2) is 10.3. The van der Waals surface area contributed by atoms with Gasteiger partial charge in [-0.1, -0.05) is 47.5 Å². The van der Waals surface area contributed by atoms with E-state index in [0.717, 1.165) is 18.4 Å². The average Bonchev–Trinajstić information content (AvgIpc) is 2.81. The highest BCUT2D eigenvalue weighted by Crippen LogP contribution is 2.28. The summed E-state index contributed by atoms with van der Waals surface area (Å²) in [6, 6.07) is 11.3. The number of carbonyl (C=O) groups is 1. The van der Waals surface area contributed by atoms with Crippen molar-refractivity contribution in [2.24, 2.45) is 5.92 Å². The number of aryl methyl sites for hydroxylation is 2. The quantitative estimate of drug-likeness (QED) is 0.576. The van der Waals surface area contributed by atoms with Gasteiger partial charge in [0.05, 0.1) is 21.8 Å². The van der Waals surface area contributed by atoms with E-state index >= 15 is 0 Å². The number of sulfonamides is 1. The van der Waals surface area contributed by atoms with Crippen molar-refractivity contribution >= 4 is 39.1 Å². The van der Waals surface area contributed by atoms with Gasteiger partial charge >= 0.3 is 0 Å². The van der Waals surface area contributed by atoms with Crippen LogP contribution in [0.1, 0.15) is 60.9 Å². The normalized spacial score (nSPS) is 18.5. The summed E-state index contributed by atoms with van der Waals surface area (Å²) in [5.41, 5.74) is 4.56. The third-order valence-electron chi connectivity index (χ3n) is 6.78. The number of hydrogen-bond donors (Lipinski definition) is 1. The minimum absolute atomic E-state index is 0.00162. The molecule has 1 aliphatic heterocycles. The lowest BCUT2D eigenvalue weighted by Gasteiger charge is -2.31. The maximum Gasteiger partial charge on any atom is 0.223 e. The Morgan fingerprint density at radius 1 is 1.03 bits per heavy atom. The maximum absolute atomic E-state index is 12.9. The van der Waals surface area contributed by atoms with Crippen LogP contribution in [0.5, 0.6) is 0 Å². The maximum atomic E-state index is 12.9. The van der Waals surface area contributed by atoms with Crippen molar-refractivity contribution in [1.82, 2.24) is 9.62 Å². The van der Waals surface area contributed by atoms with Crippen LogP contribution in [-0.2, 0) is 33.4 Å². The smallest absolute Gasteiger partial charge is 0.223 e. The minimum Gasteiger partial charge on any atom is -0.349 e. The third-order valence-corrected chi connectivity index (χ3v) is 9.37. The molecule has 1 fully saturated rings. The van der Waals surface area contributed by atoms with Crippen molar-refractivity contribution in [2.45, 2.75) is 57.2 Å². The van der Waals surface area contributed by atoms with E-state index in [1.54, 1.807) is 18.2 Å². The second-order valence-electron chi connectivity index (χ2n) is 9.14. The molecular weight excluding hydrogens is 479 g/mol. The predicted octanol–water partition coefficient (Wildman–Crippen LogP) is 5.29. The molecule has 0 radical (unpaired) electrons. The van der Waals surface area contributed by atoms with Gasteiger partial charge in [-0.15, -0.1) is 0 Å². The molecule has 1 N–H and O–H groups in total. The minimum atomic E-state index is -3.49. The molecule has 2 aromatic rings. The van der Waals surface area contributed by atoms with E-state index in [1.165, 1.54) is 28.3 Å². The molecule has 1 heterocycles. The SMILES string of the molecule is C[C@H](NC(=O)C1CCN(S(=O)(=O)Cc2ccc(Cl)c(Cl)c2)CC1)c1ccc2c(c1)CCCC2. The van der Waals surface area contributed by atoms with Gasteiger partial charge < -0.3 is 5.32 Å². The van der Waals surface area contributed by atoms with Crippen molar-refractivity contribution in [3.05, 3.63) is 68.7 Å². The molecule has 2 aliphatic rings. The molecule has 0 unspecified atom stereocenters. The third kappa shape index (κ3) is 5.91. The molecule has 1 amide bonds. The fraction of sp³-hybridized carbons (Fsp3) is 0.480. The molecule has 2 aromatic carbocycles. The highest BCUT2D eigenvalue weighted by Gasteiger charge is 2.31. The lowest BCUT2D eigenvalue weighted by molar-refractivity contribution is -0.126. The van der Waals surface area contributed by atoms with Crippen molar-refractivity contribution in [2.75, 3.05) is 13.1 Å². The zero-order chi connectivity index (χ0) is 23.6. The topological polar surface area (TPSA) is 66.5 Å². The second-order valence-corrected chi connectivity index (χ2v) is 11.9. The molecule has 178 valence electrons. The summed E-state index contributed by atoms with van der Waals surface area (Å²) in [6.45, 7) is 2.70. The highest BCUT2D eigenvalue weighted by atomic mass is 35.5. The molecular formula is C25H30Cl2N2O3S. The van der Waals surface area contributed by atoms with Crippen molar-refractivity contribution < 1.29 is 13.2 Å². The van der Waals surface area contributed by atoms with E-state index in [2.05, 4.69) is 23.5 Å². The number of hydrogen-bond acceptors (Lipinski definition) is 3. The number of benzene rings is 2. The Kier molecular flexibility index (Phi) is 7.69. The Balaban J connectivity index is 1.31. The van der Waals surface area contributed by atoms with Crippen molar-refractivity contribution in [1.29, 1.82) is 0 Å². The van der Waals surface area contributed by atoms with E-state index in [4.69, 9.17) is 23.2 Å². The summed E-state index contributed by atoms with van der Waals surface area (Å²) < 4.78 is 27.2. The van der Waals surface area contributed by atoms with Crippen LogP contribution < -0.4 is 5.32 Å². The zero-order valence-corrected chi connectivity index (χ0v) is 21.1. The lowest BCUT2D eigenvalue weighted by Crippen LogP contribution is -2.43.